The number of aromatic nitrogens is 3. The Morgan fingerprint density at radius 3 is 2.88 bits per heavy atom. The van der Waals surface area contributed by atoms with Crippen molar-refractivity contribution in [1.82, 2.24) is 14.2 Å². The normalized spacial score (nSPS) is 10.9. The number of rotatable bonds is 3. The van der Waals surface area contributed by atoms with E-state index in [0.29, 0.717) is 18.5 Å². The van der Waals surface area contributed by atoms with Crippen molar-refractivity contribution in [2.24, 2.45) is 0 Å². The monoisotopic (exact) mass is 219 g/mol. The van der Waals surface area contributed by atoms with Crippen LogP contribution in [0.15, 0.2) is 23.3 Å². The van der Waals surface area contributed by atoms with Crippen LogP contribution in [0.1, 0.15) is 19.0 Å². The fraction of sp³-hybridized carbons (Fsp3) is 0.364. The lowest BCUT2D eigenvalue weighted by atomic mass is 10.3. The van der Waals surface area contributed by atoms with Crippen LogP contribution in [-0.4, -0.2) is 20.0 Å². The van der Waals surface area contributed by atoms with Crippen molar-refractivity contribution in [3.05, 3.63) is 34.5 Å². The number of hydrogen-bond acceptors (Lipinski definition) is 3. The Bertz CT molecular complexity index is 595. The van der Waals surface area contributed by atoms with E-state index in [1.165, 1.54) is 11.5 Å². The highest BCUT2D eigenvalue weighted by Crippen LogP contribution is 2.00. The topological polar surface area (TPSA) is 56.4 Å². The van der Waals surface area contributed by atoms with Gasteiger partial charge in [0.15, 0.2) is 0 Å². The van der Waals surface area contributed by atoms with E-state index in [1.54, 1.807) is 23.0 Å². The second-order valence-electron chi connectivity index (χ2n) is 3.86. The van der Waals surface area contributed by atoms with Gasteiger partial charge in [0.25, 0.3) is 5.56 Å². The van der Waals surface area contributed by atoms with E-state index in [0.717, 1.165) is 5.69 Å². The summed E-state index contributed by atoms with van der Waals surface area (Å²) in [7, 11) is 0. The molecule has 2 aromatic rings. The minimum atomic E-state index is -0.107. The summed E-state index contributed by atoms with van der Waals surface area (Å²) in [6, 6.07) is 1.74. The second-order valence-corrected chi connectivity index (χ2v) is 3.86. The zero-order chi connectivity index (χ0) is 11.7. The smallest absolute Gasteiger partial charge is 0.276 e. The van der Waals surface area contributed by atoms with Crippen molar-refractivity contribution in [3.63, 3.8) is 0 Å². The molecule has 0 amide bonds. The number of ketones is 1. The SMILES string of the molecule is CC(=O)CCn1ccn2nc(C)cc2c1=O. The number of nitrogens with zero attached hydrogens (tertiary/aromatic N) is 3. The van der Waals surface area contributed by atoms with Crippen LogP contribution in [-0.2, 0) is 11.3 Å². The van der Waals surface area contributed by atoms with Crippen LogP contribution in [0.3, 0.4) is 0 Å². The number of carbonyl (C=O) groups is 1. The molecule has 0 aliphatic carbocycles. The molecule has 5 heteroatoms. The Labute approximate surface area is 92.3 Å². The van der Waals surface area contributed by atoms with Crippen LogP contribution in [0.2, 0.25) is 0 Å². The molecule has 16 heavy (non-hydrogen) atoms. The maximum Gasteiger partial charge on any atom is 0.276 e. The summed E-state index contributed by atoms with van der Waals surface area (Å²) in [5, 5.41) is 4.15. The van der Waals surface area contributed by atoms with Gasteiger partial charge >= 0.3 is 0 Å². The lowest BCUT2D eigenvalue weighted by Gasteiger charge is -2.03. The lowest BCUT2D eigenvalue weighted by molar-refractivity contribution is -0.117. The first-order valence-corrected chi connectivity index (χ1v) is 5.13. The van der Waals surface area contributed by atoms with Gasteiger partial charge in [-0.2, -0.15) is 5.10 Å². The highest BCUT2D eigenvalue weighted by atomic mass is 16.1. The van der Waals surface area contributed by atoms with Crippen molar-refractivity contribution in [2.45, 2.75) is 26.8 Å². The number of Topliss-reactive ketones (excluding diaryl/α,β-unsaturated/α-hetero) is 1. The first-order valence-electron chi connectivity index (χ1n) is 5.13. The first kappa shape index (κ1) is 10.6. The molecular weight excluding hydrogens is 206 g/mol. The Morgan fingerprint density at radius 1 is 1.44 bits per heavy atom. The Morgan fingerprint density at radius 2 is 2.19 bits per heavy atom. The maximum atomic E-state index is 11.9. The lowest BCUT2D eigenvalue weighted by Crippen LogP contribution is -2.22. The number of aryl methyl sites for hydroxylation is 2. The predicted molar refractivity (Wildman–Crippen MR) is 59.5 cm³/mol. The quantitative estimate of drug-likeness (QED) is 0.766. The van der Waals surface area contributed by atoms with Crippen LogP contribution in [0.5, 0.6) is 0 Å². The summed E-state index contributed by atoms with van der Waals surface area (Å²) >= 11 is 0. The van der Waals surface area contributed by atoms with E-state index >= 15 is 0 Å². The fourth-order valence-electron chi connectivity index (χ4n) is 1.60. The van der Waals surface area contributed by atoms with Gasteiger partial charge in [-0.25, -0.2) is 4.52 Å². The summed E-state index contributed by atoms with van der Waals surface area (Å²) in [5.74, 6) is 0.0801. The highest BCUT2D eigenvalue weighted by Gasteiger charge is 2.05. The van der Waals surface area contributed by atoms with Crippen molar-refractivity contribution in [2.75, 3.05) is 0 Å². The maximum absolute atomic E-state index is 11.9. The molecule has 2 rings (SSSR count). The minimum absolute atomic E-state index is 0.0801. The number of carbonyl (C=O) groups excluding carboxylic acids is 1. The average molecular weight is 219 g/mol. The number of fused-ring (bicyclic) bond motifs is 1. The molecule has 0 N–H and O–H groups in total. The molecular formula is C11H13N3O2. The first-order chi connectivity index (χ1) is 7.58. The molecule has 0 aromatic carbocycles. The molecule has 2 heterocycles. The summed E-state index contributed by atoms with van der Waals surface area (Å²) in [6.07, 6.45) is 3.76. The van der Waals surface area contributed by atoms with Gasteiger partial charge in [-0.1, -0.05) is 0 Å². The molecule has 0 saturated carbocycles. The summed E-state index contributed by atoms with van der Waals surface area (Å²) in [4.78, 5) is 22.8. The van der Waals surface area contributed by atoms with Crippen LogP contribution in [0, 0.1) is 6.92 Å². The number of hydrogen-bond donors (Lipinski definition) is 0. The Hall–Kier alpha value is -1.91. The third-order valence-electron chi connectivity index (χ3n) is 2.43. The largest absolute Gasteiger partial charge is 0.312 e. The fourth-order valence-corrected chi connectivity index (χ4v) is 1.60. The van der Waals surface area contributed by atoms with E-state index in [4.69, 9.17) is 0 Å². The third-order valence-corrected chi connectivity index (χ3v) is 2.43. The molecule has 0 aliphatic rings. The summed E-state index contributed by atoms with van der Waals surface area (Å²) in [6.45, 7) is 3.79. The molecule has 0 bridgehead atoms. The molecule has 0 radical (unpaired) electrons. The van der Waals surface area contributed by atoms with Gasteiger partial charge in [-0.05, 0) is 19.9 Å². The van der Waals surface area contributed by atoms with Crippen molar-refractivity contribution >= 4 is 11.3 Å². The van der Waals surface area contributed by atoms with Gasteiger partial charge in [0.1, 0.15) is 11.3 Å². The van der Waals surface area contributed by atoms with E-state index in [2.05, 4.69) is 5.10 Å². The molecule has 2 aromatic heterocycles. The van der Waals surface area contributed by atoms with Crippen LogP contribution in [0.4, 0.5) is 0 Å². The minimum Gasteiger partial charge on any atom is -0.312 e. The van der Waals surface area contributed by atoms with Crippen molar-refractivity contribution in [3.8, 4) is 0 Å². The van der Waals surface area contributed by atoms with E-state index < -0.39 is 0 Å². The average Bonchev–Trinajstić information content (AvgIpc) is 2.58. The zero-order valence-corrected chi connectivity index (χ0v) is 9.30. The van der Waals surface area contributed by atoms with E-state index in [1.807, 2.05) is 6.92 Å². The Balaban J connectivity index is 2.44. The molecule has 0 saturated heterocycles. The van der Waals surface area contributed by atoms with Crippen LogP contribution in [0.25, 0.3) is 5.52 Å². The third kappa shape index (κ3) is 1.88. The molecule has 5 nitrogen and oxygen atoms in total. The van der Waals surface area contributed by atoms with Gasteiger partial charge in [-0.3, -0.25) is 9.59 Å². The van der Waals surface area contributed by atoms with Gasteiger partial charge in [-0.15, -0.1) is 0 Å². The van der Waals surface area contributed by atoms with Crippen molar-refractivity contribution < 1.29 is 4.79 Å². The van der Waals surface area contributed by atoms with Gasteiger partial charge in [0, 0.05) is 25.4 Å². The van der Waals surface area contributed by atoms with E-state index in [-0.39, 0.29) is 11.3 Å². The van der Waals surface area contributed by atoms with Crippen molar-refractivity contribution in [1.29, 1.82) is 0 Å². The Kier molecular flexibility index (Phi) is 2.60. The summed E-state index contributed by atoms with van der Waals surface area (Å²) in [5.41, 5.74) is 1.24. The predicted octanol–water partition coefficient (Wildman–Crippen LogP) is 0.784. The zero-order valence-electron chi connectivity index (χ0n) is 9.30. The van der Waals surface area contributed by atoms with Crippen LogP contribution < -0.4 is 5.56 Å². The standard InChI is InChI=1S/C11H13N3O2/c1-8-7-10-11(16)13(4-3-9(2)15)5-6-14(10)12-8/h5-7H,3-4H2,1-2H3. The van der Waals surface area contributed by atoms with Crippen LogP contribution >= 0.6 is 0 Å². The molecule has 0 spiro atoms. The molecule has 84 valence electrons. The molecule has 0 fully saturated rings. The highest BCUT2D eigenvalue weighted by molar-refractivity contribution is 5.75. The van der Waals surface area contributed by atoms with E-state index in [9.17, 15) is 9.59 Å². The second kappa shape index (κ2) is 3.92. The molecule has 0 unspecified atom stereocenters. The van der Waals surface area contributed by atoms with Gasteiger partial charge < -0.3 is 4.57 Å². The molecule has 0 atom stereocenters. The van der Waals surface area contributed by atoms with Gasteiger partial charge in [0.2, 0.25) is 0 Å². The van der Waals surface area contributed by atoms with Gasteiger partial charge in [0.05, 0.1) is 5.69 Å². The summed E-state index contributed by atoms with van der Waals surface area (Å²) < 4.78 is 3.10. The molecule has 0 aliphatic heterocycles.